The van der Waals surface area contributed by atoms with E-state index in [2.05, 4.69) is 10.6 Å². The summed E-state index contributed by atoms with van der Waals surface area (Å²) in [6.45, 7) is 0. The summed E-state index contributed by atoms with van der Waals surface area (Å²) in [5.41, 5.74) is -0.717. The van der Waals surface area contributed by atoms with Crippen LogP contribution in [-0.2, 0) is 0 Å². The molecule has 0 spiro atoms. The van der Waals surface area contributed by atoms with Crippen LogP contribution in [0, 0.1) is 0 Å². The van der Waals surface area contributed by atoms with Crippen molar-refractivity contribution in [2.45, 2.75) is 38.1 Å². The van der Waals surface area contributed by atoms with Crippen LogP contribution < -0.4 is 16.3 Å². The molecule has 3 rings (SSSR count). The topological polar surface area (TPSA) is 91.6 Å². The van der Waals surface area contributed by atoms with Gasteiger partial charge in [0.25, 0.3) is 0 Å². The van der Waals surface area contributed by atoms with Crippen LogP contribution in [-0.4, -0.2) is 17.2 Å². The number of anilines is 1. The second-order valence-corrected chi connectivity index (χ2v) is 5.54. The largest absolute Gasteiger partial charge is 0.505 e. The molecule has 1 aliphatic rings. The molecule has 1 aromatic heterocycles. The number of carbonyl (C=O) groups is 1. The molecule has 22 heavy (non-hydrogen) atoms. The molecule has 1 aromatic carbocycles. The van der Waals surface area contributed by atoms with Gasteiger partial charge in [-0.2, -0.15) is 0 Å². The summed E-state index contributed by atoms with van der Waals surface area (Å²) in [6.07, 6.45) is 5.24. The van der Waals surface area contributed by atoms with E-state index >= 15 is 0 Å². The molecule has 116 valence electrons. The average molecular weight is 302 g/mol. The van der Waals surface area contributed by atoms with Crippen LogP contribution in [0.5, 0.6) is 5.75 Å². The summed E-state index contributed by atoms with van der Waals surface area (Å²) in [6, 6.07) is 6.25. The first-order valence-electron chi connectivity index (χ1n) is 7.47. The van der Waals surface area contributed by atoms with Crippen LogP contribution in [0.2, 0.25) is 0 Å². The van der Waals surface area contributed by atoms with Crippen LogP contribution in [0.25, 0.3) is 11.0 Å². The molecule has 0 saturated heterocycles. The van der Waals surface area contributed by atoms with Gasteiger partial charge in [-0.25, -0.2) is 9.59 Å². The second kappa shape index (κ2) is 6.09. The number of nitrogens with one attached hydrogen (secondary N) is 2. The third kappa shape index (κ3) is 2.90. The molecule has 2 amide bonds. The first kappa shape index (κ1) is 14.4. The van der Waals surface area contributed by atoms with Crippen LogP contribution in [0.4, 0.5) is 10.5 Å². The smallest absolute Gasteiger partial charge is 0.364 e. The van der Waals surface area contributed by atoms with Crippen LogP contribution in [0.1, 0.15) is 32.1 Å². The van der Waals surface area contributed by atoms with Gasteiger partial charge in [0.1, 0.15) is 5.58 Å². The standard InChI is InChI=1S/C16H18N2O4/c19-14-11-8-4-5-9-12(11)22-15(20)13(14)18-16(21)17-10-6-2-1-3-7-10/h4-5,8-10,19H,1-3,6-7H2,(H2,17,18,21). The molecule has 1 fully saturated rings. The lowest BCUT2D eigenvalue weighted by atomic mass is 9.96. The summed E-state index contributed by atoms with van der Waals surface area (Å²) >= 11 is 0. The average Bonchev–Trinajstić information content (AvgIpc) is 2.52. The first-order valence-corrected chi connectivity index (χ1v) is 7.47. The molecule has 0 radical (unpaired) electrons. The predicted octanol–water partition coefficient (Wildman–Crippen LogP) is 2.95. The van der Waals surface area contributed by atoms with E-state index in [0.717, 1.165) is 25.7 Å². The molecule has 0 aliphatic heterocycles. The van der Waals surface area contributed by atoms with E-state index in [4.69, 9.17) is 4.42 Å². The Labute approximate surface area is 127 Å². The molecule has 0 bridgehead atoms. The number of benzene rings is 1. The molecule has 2 aromatic rings. The number of fused-ring (bicyclic) bond motifs is 1. The molecule has 6 heteroatoms. The Kier molecular flexibility index (Phi) is 4.00. The summed E-state index contributed by atoms with van der Waals surface area (Å²) in [5.74, 6) is -0.273. The highest BCUT2D eigenvalue weighted by Gasteiger charge is 2.19. The molecule has 0 unspecified atom stereocenters. The van der Waals surface area contributed by atoms with Crippen LogP contribution in [0.15, 0.2) is 33.5 Å². The summed E-state index contributed by atoms with van der Waals surface area (Å²) in [7, 11) is 0. The zero-order valence-electron chi connectivity index (χ0n) is 12.1. The Morgan fingerprint density at radius 3 is 2.68 bits per heavy atom. The molecule has 1 saturated carbocycles. The van der Waals surface area contributed by atoms with Gasteiger partial charge in [-0.1, -0.05) is 31.4 Å². The minimum Gasteiger partial charge on any atom is -0.505 e. The quantitative estimate of drug-likeness (QED) is 0.744. The second-order valence-electron chi connectivity index (χ2n) is 5.54. The monoisotopic (exact) mass is 302 g/mol. The molecule has 1 aliphatic carbocycles. The Balaban J connectivity index is 1.81. The Hall–Kier alpha value is -2.50. The number of amides is 2. The minimum absolute atomic E-state index is 0.114. The number of aromatic hydroxyl groups is 1. The van der Waals surface area contributed by atoms with Crippen molar-refractivity contribution < 1.29 is 14.3 Å². The maximum Gasteiger partial charge on any atom is 0.364 e. The highest BCUT2D eigenvalue weighted by Crippen LogP contribution is 2.29. The maximum absolute atomic E-state index is 12.0. The third-order valence-corrected chi connectivity index (χ3v) is 3.96. The van der Waals surface area contributed by atoms with E-state index < -0.39 is 11.7 Å². The first-order chi connectivity index (χ1) is 10.6. The van der Waals surface area contributed by atoms with Crippen molar-refractivity contribution in [2.24, 2.45) is 0 Å². The van der Waals surface area contributed by atoms with Gasteiger partial charge in [0.2, 0.25) is 0 Å². The number of para-hydroxylation sites is 1. The fourth-order valence-corrected chi connectivity index (χ4v) is 2.83. The van der Waals surface area contributed by atoms with Gasteiger partial charge in [0.15, 0.2) is 11.4 Å². The molecule has 3 N–H and O–H groups in total. The van der Waals surface area contributed by atoms with Crippen molar-refractivity contribution in [3.8, 4) is 5.75 Å². The van der Waals surface area contributed by atoms with Gasteiger partial charge >= 0.3 is 11.7 Å². The van der Waals surface area contributed by atoms with Crippen molar-refractivity contribution in [1.82, 2.24) is 5.32 Å². The summed E-state index contributed by atoms with van der Waals surface area (Å²) in [4.78, 5) is 23.9. The Bertz CT molecular complexity index is 747. The number of urea groups is 1. The fourth-order valence-electron chi connectivity index (χ4n) is 2.83. The fraction of sp³-hybridized carbons (Fsp3) is 0.375. The lowest BCUT2D eigenvalue weighted by Crippen LogP contribution is -2.39. The summed E-state index contributed by atoms with van der Waals surface area (Å²) < 4.78 is 5.11. The maximum atomic E-state index is 12.0. The molecule has 1 heterocycles. The van der Waals surface area contributed by atoms with E-state index in [1.807, 2.05) is 0 Å². The highest BCUT2D eigenvalue weighted by atomic mass is 16.4. The number of hydrogen-bond donors (Lipinski definition) is 3. The van der Waals surface area contributed by atoms with E-state index in [9.17, 15) is 14.7 Å². The van der Waals surface area contributed by atoms with Crippen molar-refractivity contribution in [1.29, 1.82) is 0 Å². The number of hydrogen-bond acceptors (Lipinski definition) is 4. The predicted molar refractivity (Wildman–Crippen MR) is 83.2 cm³/mol. The van der Waals surface area contributed by atoms with Gasteiger partial charge in [0, 0.05) is 6.04 Å². The van der Waals surface area contributed by atoms with Crippen molar-refractivity contribution in [2.75, 3.05) is 5.32 Å². The van der Waals surface area contributed by atoms with E-state index in [-0.39, 0.29) is 23.1 Å². The normalized spacial score (nSPS) is 15.6. The SMILES string of the molecule is O=C(Nc1c(O)c2ccccc2oc1=O)NC1CCCCC1. The van der Waals surface area contributed by atoms with E-state index in [1.54, 1.807) is 24.3 Å². The molecule has 0 atom stereocenters. The lowest BCUT2D eigenvalue weighted by molar-refractivity contribution is 0.244. The van der Waals surface area contributed by atoms with Crippen LogP contribution in [0.3, 0.4) is 0 Å². The van der Waals surface area contributed by atoms with Crippen molar-refractivity contribution >= 4 is 22.7 Å². The van der Waals surface area contributed by atoms with Gasteiger partial charge in [-0.05, 0) is 25.0 Å². The van der Waals surface area contributed by atoms with Crippen LogP contribution >= 0.6 is 0 Å². The highest BCUT2D eigenvalue weighted by molar-refractivity contribution is 5.96. The third-order valence-electron chi connectivity index (χ3n) is 3.96. The van der Waals surface area contributed by atoms with E-state index in [0.29, 0.717) is 5.39 Å². The number of carbonyl (C=O) groups excluding carboxylic acids is 1. The zero-order chi connectivity index (χ0) is 15.5. The van der Waals surface area contributed by atoms with Gasteiger partial charge in [-0.3, -0.25) is 5.32 Å². The molecular weight excluding hydrogens is 284 g/mol. The Morgan fingerprint density at radius 1 is 1.18 bits per heavy atom. The van der Waals surface area contributed by atoms with Gasteiger partial charge in [-0.15, -0.1) is 0 Å². The van der Waals surface area contributed by atoms with E-state index in [1.165, 1.54) is 6.42 Å². The number of rotatable bonds is 2. The minimum atomic E-state index is -0.769. The lowest BCUT2D eigenvalue weighted by Gasteiger charge is -2.22. The van der Waals surface area contributed by atoms with Gasteiger partial charge in [0.05, 0.1) is 5.39 Å². The summed E-state index contributed by atoms with van der Waals surface area (Å²) in [5, 5.41) is 15.8. The zero-order valence-corrected chi connectivity index (χ0v) is 12.1. The van der Waals surface area contributed by atoms with Crippen molar-refractivity contribution in [3.63, 3.8) is 0 Å². The molecule has 6 nitrogen and oxygen atoms in total. The molecular formula is C16H18N2O4. The Morgan fingerprint density at radius 2 is 1.91 bits per heavy atom. The van der Waals surface area contributed by atoms with Gasteiger partial charge < -0.3 is 14.8 Å². The van der Waals surface area contributed by atoms with Crippen molar-refractivity contribution in [3.05, 3.63) is 34.7 Å².